The number of halogens is 1. The Balaban J connectivity index is 2.90. The largest absolute Gasteiger partial charge is 0.491 e. The zero-order chi connectivity index (χ0) is 10.6. The molecule has 78 valence electrons. The first-order valence-electron chi connectivity index (χ1n) is 4.68. The SMILES string of the molecule is CC(C)c1cc(F)ccc1OCCO. The van der Waals surface area contributed by atoms with Crippen LogP contribution in [0.4, 0.5) is 4.39 Å². The van der Waals surface area contributed by atoms with Crippen LogP contribution in [0, 0.1) is 5.82 Å². The number of hydrogen-bond donors (Lipinski definition) is 1. The summed E-state index contributed by atoms with van der Waals surface area (Å²) in [5, 5.41) is 8.61. The maximum absolute atomic E-state index is 12.9. The third-order valence-corrected chi connectivity index (χ3v) is 1.94. The Hall–Kier alpha value is -1.09. The number of benzene rings is 1. The molecule has 0 heterocycles. The highest BCUT2D eigenvalue weighted by Crippen LogP contribution is 2.26. The van der Waals surface area contributed by atoms with Crippen molar-refractivity contribution in [3.05, 3.63) is 29.6 Å². The first kappa shape index (κ1) is 11.0. The van der Waals surface area contributed by atoms with Gasteiger partial charge in [0.15, 0.2) is 0 Å². The number of rotatable bonds is 4. The predicted octanol–water partition coefficient (Wildman–Crippen LogP) is 2.32. The van der Waals surface area contributed by atoms with E-state index in [1.54, 1.807) is 6.07 Å². The van der Waals surface area contributed by atoms with Gasteiger partial charge in [0.25, 0.3) is 0 Å². The van der Waals surface area contributed by atoms with Gasteiger partial charge in [-0.15, -0.1) is 0 Å². The van der Waals surface area contributed by atoms with E-state index in [4.69, 9.17) is 9.84 Å². The lowest BCUT2D eigenvalue weighted by Gasteiger charge is -2.13. The van der Waals surface area contributed by atoms with Crippen molar-refractivity contribution in [1.29, 1.82) is 0 Å². The number of aliphatic hydroxyl groups excluding tert-OH is 1. The fourth-order valence-electron chi connectivity index (χ4n) is 1.26. The van der Waals surface area contributed by atoms with Gasteiger partial charge in [0.2, 0.25) is 0 Å². The van der Waals surface area contributed by atoms with Crippen LogP contribution in [-0.2, 0) is 0 Å². The summed E-state index contributed by atoms with van der Waals surface area (Å²) in [7, 11) is 0. The van der Waals surface area contributed by atoms with E-state index in [0.717, 1.165) is 5.56 Å². The number of ether oxygens (including phenoxy) is 1. The quantitative estimate of drug-likeness (QED) is 0.804. The molecule has 1 aromatic carbocycles. The fourth-order valence-corrected chi connectivity index (χ4v) is 1.26. The summed E-state index contributed by atoms with van der Waals surface area (Å²) in [5.74, 6) is 0.597. The summed E-state index contributed by atoms with van der Waals surface area (Å²) in [6.45, 7) is 4.15. The normalized spacial score (nSPS) is 10.6. The first-order chi connectivity index (χ1) is 6.65. The van der Waals surface area contributed by atoms with Crippen molar-refractivity contribution < 1.29 is 14.2 Å². The van der Waals surface area contributed by atoms with Gasteiger partial charge in [-0.1, -0.05) is 13.8 Å². The monoisotopic (exact) mass is 198 g/mol. The van der Waals surface area contributed by atoms with Crippen LogP contribution in [0.2, 0.25) is 0 Å². The summed E-state index contributed by atoms with van der Waals surface area (Å²) in [6, 6.07) is 4.43. The van der Waals surface area contributed by atoms with Crippen LogP contribution in [-0.4, -0.2) is 18.3 Å². The zero-order valence-corrected chi connectivity index (χ0v) is 8.46. The van der Waals surface area contributed by atoms with E-state index < -0.39 is 0 Å². The highest BCUT2D eigenvalue weighted by molar-refractivity contribution is 5.36. The lowest BCUT2D eigenvalue weighted by molar-refractivity contribution is 0.200. The molecule has 0 aliphatic heterocycles. The van der Waals surface area contributed by atoms with E-state index in [1.807, 2.05) is 13.8 Å². The lowest BCUT2D eigenvalue weighted by Crippen LogP contribution is -2.04. The molecule has 3 heteroatoms. The van der Waals surface area contributed by atoms with Crippen molar-refractivity contribution in [2.24, 2.45) is 0 Å². The van der Waals surface area contributed by atoms with Gasteiger partial charge in [0.05, 0.1) is 6.61 Å². The Morgan fingerprint density at radius 1 is 1.43 bits per heavy atom. The van der Waals surface area contributed by atoms with Gasteiger partial charge >= 0.3 is 0 Å². The molecule has 0 saturated heterocycles. The Morgan fingerprint density at radius 3 is 2.71 bits per heavy atom. The van der Waals surface area contributed by atoms with E-state index >= 15 is 0 Å². The number of hydrogen-bond acceptors (Lipinski definition) is 2. The molecule has 0 spiro atoms. The molecule has 0 bridgehead atoms. The van der Waals surface area contributed by atoms with Gasteiger partial charge in [-0.2, -0.15) is 0 Å². The highest BCUT2D eigenvalue weighted by atomic mass is 19.1. The summed E-state index contributed by atoms with van der Waals surface area (Å²) in [6.07, 6.45) is 0. The van der Waals surface area contributed by atoms with Gasteiger partial charge in [-0.05, 0) is 29.7 Å². The van der Waals surface area contributed by atoms with Crippen LogP contribution < -0.4 is 4.74 Å². The lowest BCUT2D eigenvalue weighted by atomic mass is 10.0. The predicted molar refractivity (Wildman–Crippen MR) is 53.1 cm³/mol. The Labute approximate surface area is 83.3 Å². The highest BCUT2D eigenvalue weighted by Gasteiger charge is 2.08. The molecule has 0 aliphatic rings. The van der Waals surface area contributed by atoms with Crippen LogP contribution in [0.15, 0.2) is 18.2 Å². The average Bonchev–Trinajstić information content (AvgIpc) is 2.15. The smallest absolute Gasteiger partial charge is 0.123 e. The molecule has 0 amide bonds. The minimum Gasteiger partial charge on any atom is -0.491 e. The summed E-state index contributed by atoms with van der Waals surface area (Å²) >= 11 is 0. The molecular weight excluding hydrogens is 183 g/mol. The molecule has 0 fully saturated rings. The maximum Gasteiger partial charge on any atom is 0.123 e. The van der Waals surface area contributed by atoms with Gasteiger partial charge in [0, 0.05) is 0 Å². The third-order valence-electron chi connectivity index (χ3n) is 1.94. The Bertz CT molecular complexity index is 297. The summed E-state index contributed by atoms with van der Waals surface area (Å²) in [5.41, 5.74) is 0.832. The van der Waals surface area contributed by atoms with Gasteiger partial charge in [-0.25, -0.2) is 4.39 Å². The van der Waals surface area contributed by atoms with Gasteiger partial charge in [-0.3, -0.25) is 0 Å². The molecule has 0 aliphatic carbocycles. The molecule has 0 unspecified atom stereocenters. The molecule has 1 aromatic rings. The fraction of sp³-hybridized carbons (Fsp3) is 0.455. The molecule has 1 N–H and O–H groups in total. The summed E-state index contributed by atoms with van der Waals surface area (Å²) < 4.78 is 18.2. The second-order valence-corrected chi connectivity index (χ2v) is 3.41. The minimum atomic E-state index is -0.259. The van der Waals surface area contributed by atoms with Crippen LogP contribution in [0.25, 0.3) is 0 Å². The first-order valence-corrected chi connectivity index (χ1v) is 4.68. The van der Waals surface area contributed by atoms with Gasteiger partial charge < -0.3 is 9.84 Å². The second-order valence-electron chi connectivity index (χ2n) is 3.41. The Morgan fingerprint density at radius 2 is 2.14 bits per heavy atom. The molecule has 0 radical (unpaired) electrons. The maximum atomic E-state index is 12.9. The van der Waals surface area contributed by atoms with Crippen LogP contribution >= 0.6 is 0 Å². The molecule has 2 nitrogen and oxygen atoms in total. The Kier molecular flexibility index (Phi) is 3.89. The summed E-state index contributed by atoms with van der Waals surface area (Å²) in [4.78, 5) is 0. The van der Waals surface area contributed by atoms with E-state index in [9.17, 15) is 4.39 Å². The van der Waals surface area contributed by atoms with Crippen molar-refractivity contribution in [1.82, 2.24) is 0 Å². The van der Waals surface area contributed by atoms with Crippen molar-refractivity contribution in [2.75, 3.05) is 13.2 Å². The topological polar surface area (TPSA) is 29.5 Å². The van der Waals surface area contributed by atoms with E-state index in [-0.39, 0.29) is 24.9 Å². The van der Waals surface area contributed by atoms with E-state index in [0.29, 0.717) is 5.75 Å². The minimum absolute atomic E-state index is 0.0328. The standard InChI is InChI=1S/C11H15FO2/c1-8(2)10-7-9(12)3-4-11(10)14-6-5-13/h3-4,7-8,13H,5-6H2,1-2H3. The van der Waals surface area contributed by atoms with Gasteiger partial charge in [0.1, 0.15) is 18.2 Å². The van der Waals surface area contributed by atoms with E-state index in [1.165, 1.54) is 12.1 Å². The molecule has 14 heavy (non-hydrogen) atoms. The third kappa shape index (κ3) is 2.70. The zero-order valence-electron chi connectivity index (χ0n) is 8.46. The molecule has 1 rings (SSSR count). The van der Waals surface area contributed by atoms with Crippen LogP contribution in [0.3, 0.4) is 0 Å². The van der Waals surface area contributed by atoms with Crippen LogP contribution in [0.5, 0.6) is 5.75 Å². The molecular formula is C11H15FO2. The van der Waals surface area contributed by atoms with Crippen molar-refractivity contribution in [2.45, 2.75) is 19.8 Å². The van der Waals surface area contributed by atoms with Crippen molar-refractivity contribution in [3.8, 4) is 5.75 Å². The molecule has 0 aromatic heterocycles. The van der Waals surface area contributed by atoms with E-state index in [2.05, 4.69) is 0 Å². The molecule has 0 atom stereocenters. The second kappa shape index (κ2) is 4.96. The molecule has 0 saturated carbocycles. The van der Waals surface area contributed by atoms with Crippen molar-refractivity contribution >= 4 is 0 Å². The van der Waals surface area contributed by atoms with Crippen molar-refractivity contribution in [3.63, 3.8) is 0 Å². The van der Waals surface area contributed by atoms with Crippen LogP contribution in [0.1, 0.15) is 25.3 Å². The number of aliphatic hydroxyl groups is 1. The average molecular weight is 198 g/mol.